The summed E-state index contributed by atoms with van der Waals surface area (Å²) < 4.78 is 0. The first kappa shape index (κ1) is 24.2. The van der Waals surface area contributed by atoms with E-state index in [0.29, 0.717) is 6.04 Å². The maximum absolute atomic E-state index is 3.78. The van der Waals surface area contributed by atoms with E-state index in [1.165, 1.54) is 67.0 Å². The molecule has 0 aliphatic heterocycles. The van der Waals surface area contributed by atoms with Crippen LogP contribution in [0.4, 0.5) is 11.4 Å². The van der Waals surface area contributed by atoms with E-state index in [0.717, 1.165) is 19.4 Å². The normalized spacial score (nSPS) is 12.1. The Labute approximate surface area is 185 Å². The molecule has 0 amide bonds. The lowest BCUT2D eigenvalue weighted by Gasteiger charge is -2.22. The van der Waals surface area contributed by atoms with Gasteiger partial charge in [0.2, 0.25) is 0 Å². The zero-order valence-electron chi connectivity index (χ0n) is 21.3. The molecule has 2 N–H and O–H groups in total. The van der Waals surface area contributed by atoms with Gasteiger partial charge in [0.25, 0.3) is 0 Å². The molecule has 2 nitrogen and oxygen atoms in total. The third kappa shape index (κ3) is 4.79. The maximum Gasteiger partial charge on any atom is 0.107 e. The highest BCUT2D eigenvalue weighted by Gasteiger charge is 2.16. The molecule has 0 bridgehead atoms. The Kier molecular flexibility index (Phi) is 7.91. The molecule has 0 saturated heterocycles. The fourth-order valence-electron chi connectivity index (χ4n) is 4.45. The first-order valence-electron chi connectivity index (χ1n) is 11.4. The Morgan fingerprint density at radius 2 is 0.933 bits per heavy atom. The first-order valence-corrected chi connectivity index (χ1v) is 11.4. The average Bonchev–Trinajstić information content (AvgIpc) is 2.73. The van der Waals surface area contributed by atoms with Crippen molar-refractivity contribution in [1.29, 1.82) is 0 Å². The largest absolute Gasteiger partial charge is 0.380 e. The summed E-state index contributed by atoms with van der Waals surface area (Å²) in [5, 5.41) is 7.48. The SMILES string of the molecule is Cc1c(C)c(C)c(NCC[CH+]CC(C)Nc2c(C)c(C)c(C)c(C)c2C)c(C)c1C. The van der Waals surface area contributed by atoms with E-state index in [4.69, 9.17) is 0 Å². The Hall–Kier alpha value is -2.09. The van der Waals surface area contributed by atoms with Crippen LogP contribution < -0.4 is 10.6 Å². The predicted molar refractivity (Wildman–Crippen MR) is 135 cm³/mol. The fourth-order valence-corrected chi connectivity index (χ4v) is 4.45. The molecule has 0 radical (unpaired) electrons. The lowest BCUT2D eigenvalue weighted by atomic mass is 9.92. The number of benzene rings is 2. The molecular weight excluding hydrogens is 364 g/mol. The lowest BCUT2D eigenvalue weighted by Crippen LogP contribution is -2.18. The Bertz CT molecular complexity index is 863. The van der Waals surface area contributed by atoms with E-state index in [1.807, 2.05) is 0 Å². The minimum atomic E-state index is 0.427. The summed E-state index contributed by atoms with van der Waals surface area (Å²) in [6.45, 7) is 25.7. The second kappa shape index (κ2) is 9.81. The second-order valence-corrected chi connectivity index (χ2v) is 9.29. The van der Waals surface area contributed by atoms with Crippen molar-refractivity contribution in [3.63, 3.8) is 0 Å². The van der Waals surface area contributed by atoms with E-state index in [2.05, 4.69) is 93.2 Å². The van der Waals surface area contributed by atoms with Crippen molar-refractivity contribution in [3.8, 4) is 0 Å². The van der Waals surface area contributed by atoms with Crippen molar-refractivity contribution in [2.45, 2.75) is 95.0 Å². The molecule has 2 aromatic carbocycles. The molecule has 2 aromatic rings. The molecular formula is C28H43N2+. The highest BCUT2D eigenvalue weighted by Crippen LogP contribution is 2.32. The van der Waals surface area contributed by atoms with Gasteiger partial charge in [0.05, 0.1) is 19.0 Å². The van der Waals surface area contributed by atoms with Crippen molar-refractivity contribution in [3.05, 3.63) is 62.1 Å². The number of anilines is 2. The molecule has 0 aliphatic rings. The van der Waals surface area contributed by atoms with Crippen LogP contribution in [0, 0.1) is 75.7 Å². The van der Waals surface area contributed by atoms with Crippen LogP contribution >= 0.6 is 0 Å². The first-order chi connectivity index (χ1) is 14.0. The van der Waals surface area contributed by atoms with Gasteiger partial charge in [0.15, 0.2) is 0 Å². The molecule has 2 rings (SSSR count). The van der Waals surface area contributed by atoms with Crippen LogP contribution in [0.2, 0.25) is 0 Å². The highest BCUT2D eigenvalue weighted by molar-refractivity contribution is 5.65. The topological polar surface area (TPSA) is 24.1 Å². The second-order valence-electron chi connectivity index (χ2n) is 9.29. The summed E-state index contributed by atoms with van der Waals surface area (Å²) in [4.78, 5) is 0. The maximum atomic E-state index is 3.78. The molecule has 0 heterocycles. The summed E-state index contributed by atoms with van der Waals surface area (Å²) in [5.41, 5.74) is 16.7. The quantitative estimate of drug-likeness (QED) is 0.346. The van der Waals surface area contributed by atoms with Crippen LogP contribution in [-0.4, -0.2) is 12.6 Å². The van der Waals surface area contributed by atoms with Crippen LogP contribution in [0.1, 0.15) is 75.4 Å². The third-order valence-corrected chi connectivity index (χ3v) is 7.56. The summed E-state index contributed by atoms with van der Waals surface area (Å²) in [6, 6.07) is 0.427. The molecule has 2 heteroatoms. The van der Waals surface area contributed by atoms with Gasteiger partial charge in [-0.1, -0.05) is 0 Å². The van der Waals surface area contributed by atoms with Gasteiger partial charge in [-0.15, -0.1) is 0 Å². The standard InChI is InChI=1S/C28H43N2/c1-16(30-28-25(10)21(6)18(3)22(7)26(28)11)14-12-13-15-29-27-23(8)19(4)17(2)20(5)24(27)9/h12,16,29-30H,13-15H2,1-11H3/q+1. The van der Waals surface area contributed by atoms with Gasteiger partial charge in [-0.2, -0.15) is 0 Å². The smallest absolute Gasteiger partial charge is 0.107 e. The van der Waals surface area contributed by atoms with Crippen LogP contribution in [0.25, 0.3) is 0 Å². The van der Waals surface area contributed by atoms with E-state index in [-0.39, 0.29) is 0 Å². The van der Waals surface area contributed by atoms with E-state index < -0.39 is 0 Å². The Morgan fingerprint density at radius 1 is 0.567 bits per heavy atom. The molecule has 0 saturated carbocycles. The molecule has 0 fully saturated rings. The summed E-state index contributed by atoms with van der Waals surface area (Å²) in [5.74, 6) is 0. The lowest BCUT2D eigenvalue weighted by molar-refractivity contribution is 0.743. The molecule has 164 valence electrons. The minimum absolute atomic E-state index is 0.427. The summed E-state index contributed by atoms with van der Waals surface area (Å²) in [7, 11) is 0. The van der Waals surface area contributed by atoms with E-state index in [9.17, 15) is 0 Å². The van der Waals surface area contributed by atoms with Crippen LogP contribution in [-0.2, 0) is 0 Å². The summed E-state index contributed by atoms with van der Waals surface area (Å²) >= 11 is 0. The van der Waals surface area contributed by atoms with Gasteiger partial charge in [-0.3, -0.25) is 0 Å². The zero-order valence-corrected chi connectivity index (χ0v) is 21.3. The van der Waals surface area contributed by atoms with E-state index >= 15 is 0 Å². The Balaban J connectivity index is 1.91. The van der Waals surface area contributed by atoms with Crippen LogP contribution in [0.5, 0.6) is 0 Å². The zero-order chi connectivity index (χ0) is 22.7. The number of rotatable bonds is 8. The van der Waals surface area contributed by atoms with Gasteiger partial charge < -0.3 is 10.6 Å². The molecule has 1 unspecified atom stereocenters. The highest BCUT2D eigenvalue weighted by atomic mass is 14.9. The van der Waals surface area contributed by atoms with Crippen LogP contribution in [0.3, 0.4) is 0 Å². The molecule has 0 spiro atoms. The van der Waals surface area contributed by atoms with Crippen molar-refractivity contribution in [1.82, 2.24) is 0 Å². The number of nitrogens with one attached hydrogen (secondary N) is 2. The van der Waals surface area contributed by atoms with Crippen molar-refractivity contribution < 1.29 is 0 Å². The van der Waals surface area contributed by atoms with Gasteiger partial charge in [0.1, 0.15) is 12.8 Å². The number of hydrogen-bond acceptors (Lipinski definition) is 2. The van der Waals surface area contributed by atoms with Gasteiger partial charge in [-0.05, 0) is 132 Å². The predicted octanol–water partition coefficient (Wildman–Crippen LogP) is 7.67. The number of hydrogen-bond donors (Lipinski definition) is 2. The molecule has 1 atom stereocenters. The number of unbranched alkanes of at least 4 members (excludes halogenated alkanes) is 1. The average molecular weight is 408 g/mol. The molecule has 0 aliphatic carbocycles. The minimum Gasteiger partial charge on any atom is -0.380 e. The van der Waals surface area contributed by atoms with Gasteiger partial charge in [0, 0.05) is 11.4 Å². The molecule has 0 aromatic heterocycles. The molecule has 30 heavy (non-hydrogen) atoms. The summed E-state index contributed by atoms with van der Waals surface area (Å²) in [6.07, 6.45) is 4.55. The van der Waals surface area contributed by atoms with E-state index in [1.54, 1.807) is 0 Å². The monoisotopic (exact) mass is 407 g/mol. The Morgan fingerprint density at radius 3 is 1.37 bits per heavy atom. The van der Waals surface area contributed by atoms with Crippen LogP contribution in [0.15, 0.2) is 0 Å². The van der Waals surface area contributed by atoms with Crippen molar-refractivity contribution in [2.75, 3.05) is 17.2 Å². The van der Waals surface area contributed by atoms with Gasteiger partial charge in [-0.25, -0.2) is 0 Å². The third-order valence-electron chi connectivity index (χ3n) is 7.56. The van der Waals surface area contributed by atoms with Crippen molar-refractivity contribution in [2.24, 2.45) is 0 Å². The fraction of sp³-hybridized carbons (Fsp3) is 0.536. The van der Waals surface area contributed by atoms with Gasteiger partial charge >= 0.3 is 0 Å². The van der Waals surface area contributed by atoms with Crippen molar-refractivity contribution >= 4 is 11.4 Å².